The van der Waals surface area contributed by atoms with Crippen molar-refractivity contribution in [3.05, 3.63) is 45.5 Å². The number of hydrogen-bond donors (Lipinski definition) is 0. The van der Waals surface area contributed by atoms with Crippen LogP contribution in [0.3, 0.4) is 0 Å². The minimum absolute atomic E-state index is 0.170. The van der Waals surface area contributed by atoms with Crippen LogP contribution >= 0.6 is 11.6 Å². The summed E-state index contributed by atoms with van der Waals surface area (Å²) in [5.41, 5.74) is -1.01. The standard InChI is InChI=1S/C17H10ClF4N3O5/c1-24(7-2-3-9-10(4-7)30-17(21,22)29-9)12(26)6-25-16(27)8-5-11(15(19)20)28-13(8)14(18)23-25/h2-5,15H,6H2,1H3. The van der Waals surface area contributed by atoms with Crippen LogP contribution in [0.5, 0.6) is 11.5 Å². The Bertz CT molecular complexity index is 1230. The molecule has 158 valence electrons. The highest BCUT2D eigenvalue weighted by atomic mass is 35.5. The Balaban J connectivity index is 1.61. The van der Waals surface area contributed by atoms with Gasteiger partial charge >= 0.3 is 6.29 Å². The van der Waals surface area contributed by atoms with Crippen molar-refractivity contribution in [1.29, 1.82) is 0 Å². The summed E-state index contributed by atoms with van der Waals surface area (Å²) < 4.78 is 66.1. The molecule has 0 saturated heterocycles. The van der Waals surface area contributed by atoms with Gasteiger partial charge in [0.2, 0.25) is 5.91 Å². The molecule has 2 aromatic heterocycles. The minimum atomic E-state index is -3.81. The van der Waals surface area contributed by atoms with Crippen molar-refractivity contribution in [3.63, 3.8) is 0 Å². The average Bonchev–Trinajstić information content (AvgIpc) is 3.25. The number of benzene rings is 1. The van der Waals surface area contributed by atoms with E-state index in [2.05, 4.69) is 14.6 Å². The number of amides is 1. The van der Waals surface area contributed by atoms with Gasteiger partial charge in [0.05, 0.1) is 5.39 Å². The minimum Gasteiger partial charge on any atom is -0.451 e. The first-order valence-electron chi connectivity index (χ1n) is 8.20. The molecule has 0 atom stereocenters. The van der Waals surface area contributed by atoms with Crippen molar-refractivity contribution in [2.75, 3.05) is 11.9 Å². The lowest BCUT2D eigenvalue weighted by Gasteiger charge is -2.18. The molecule has 0 radical (unpaired) electrons. The lowest BCUT2D eigenvalue weighted by molar-refractivity contribution is -0.286. The van der Waals surface area contributed by atoms with Crippen LogP contribution in [0.15, 0.2) is 33.5 Å². The molecular formula is C17H10ClF4N3O5. The number of aromatic nitrogens is 2. The zero-order chi connectivity index (χ0) is 21.8. The fourth-order valence-electron chi connectivity index (χ4n) is 2.80. The highest BCUT2D eigenvalue weighted by Gasteiger charge is 2.43. The summed E-state index contributed by atoms with van der Waals surface area (Å²) in [5, 5.41) is 3.07. The zero-order valence-electron chi connectivity index (χ0n) is 14.9. The van der Waals surface area contributed by atoms with Crippen LogP contribution < -0.4 is 19.9 Å². The van der Waals surface area contributed by atoms with Gasteiger partial charge in [-0.25, -0.2) is 13.5 Å². The highest BCUT2D eigenvalue weighted by Crippen LogP contribution is 2.42. The quantitative estimate of drug-likeness (QED) is 0.568. The Kier molecular flexibility index (Phi) is 4.60. The number of hydrogen-bond acceptors (Lipinski definition) is 6. The fraction of sp³-hybridized carbons (Fsp3) is 0.235. The second-order valence-electron chi connectivity index (χ2n) is 6.20. The molecular weight excluding hydrogens is 438 g/mol. The third kappa shape index (κ3) is 3.43. The molecule has 4 rings (SSSR count). The van der Waals surface area contributed by atoms with Crippen molar-refractivity contribution < 1.29 is 36.2 Å². The maximum atomic E-state index is 13.1. The monoisotopic (exact) mass is 447 g/mol. The number of rotatable bonds is 4. The molecule has 30 heavy (non-hydrogen) atoms. The Labute approximate surface area is 169 Å². The largest absolute Gasteiger partial charge is 0.586 e. The highest BCUT2D eigenvalue weighted by molar-refractivity contribution is 6.33. The van der Waals surface area contributed by atoms with Gasteiger partial charge in [-0.1, -0.05) is 11.6 Å². The fourth-order valence-corrected chi connectivity index (χ4v) is 3.03. The lowest BCUT2D eigenvalue weighted by atomic mass is 10.2. The van der Waals surface area contributed by atoms with Crippen LogP contribution in [0.2, 0.25) is 5.15 Å². The van der Waals surface area contributed by atoms with E-state index in [-0.39, 0.29) is 33.3 Å². The van der Waals surface area contributed by atoms with Crippen LogP contribution in [-0.4, -0.2) is 29.0 Å². The van der Waals surface area contributed by atoms with Gasteiger partial charge in [-0.15, -0.1) is 8.78 Å². The maximum Gasteiger partial charge on any atom is 0.586 e. The third-order valence-electron chi connectivity index (χ3n) is 4.26. The summed E-state index contributed by atoms with van der Waals surface area (Å²) in [6.45, 7) is -0.606. The third-order valence-corrected chi connectivity index (χ3v) is 4.51. The summed E-state index contributed by atoms with van der Waals surface area (Å²) in [6, 6.07) is 4.52. The van der Waals surface area contributed by atoms with Gasteiger partial charge in [0.15, 0.2) is 28.0 Å². The van der Waals surface area contributed by atoms with Crippen molar-refractivity contribution in [2.24, 2.45) is 0 Å². The molecule has 1 aromatic carbocycles. The van der Waals surface area contributed by atoms with Crippen molar-refractivity contribution in [2.45, 2.75) is 19.3 Å². The topological polar surface area (TPSA) is 86.8 Å². The molecule has 3 heterocycles. The van der Waals surface area contributed by atoms with Crippen molar-refractivity contribution >= 4 is 34.2 Å². The number of fused-ring (bicyclic) bond motifs is 2. The molecule has 3 aromatic rings. The molecule has 1 aliphatic rings. The molecule has 1 amide bonds. The SMILES string of the molecule is CN(C(=O)Cn1nc(Cl)c2oc(C(F)F)cc2c1=O)c1ccc2c(c1)OC(F)(F)O2. The van der Waals surface area contributed by atoms with E-state index in [4.69, 9.17) is 16.0 Å². The van der Waals surface area contributed by atoms with Crippen molar-refractivity contribution in [1.82, 2.24) is 9.78 Å². The van der Waals surface area contributed by atoms with Crippen LogP contribution in [0.4, 0.5) is 23.2 Å². The van der Waals surface area contributed by atoms with Gasteiger partial charge in [-0.05, 0) is 18.2 Å². The predicted octanol–water partition coefficient (Wildman–Crippen LogP) is 3.57. The Morgan fingerprint density at radius 2 is 1.97 bits per heavy atom. The van der Waals surface area contributed by atoms with Crippen LogP contribution in [-0.2, 0) is 11.3 Å². The number of ether oxygens (including phenoxy) is 2. The molecule has 0 aliphatic carbocycles. The van der Waals surface area contributed by atoms with E-state index in [0.717, 1.165) is 17.0 Å². The van der Waals surface area contributed by atoms with E-state index >= 15 is 0 Å². The van der Waals surface area contributed by atoms with Crippen LogP contribution in [0.25, 0.3) is 11.0 Å². The van der Waals surface area contributed by atoms with Crippen LogP contribution in [0.1, 0.15) is 12.2 Å². The molecule has 1 aliphatic heterocycles. The van der Waals surface area contributed by atoms with Gasteiger partial charge in [0.1, 0.15) is 6.54 Å². The first kappa shape index (κ1) is 20.0. The number of anilines is 1. The zero-order valence-corrected chi connectivity index (χ0v) is 15.6. The molecule has 8 nitrogen and oxygen atoms in total. The molecule has 0 fully saturated rings. The summed E-state index contributed by atoms with van der Waals surface area (Å²) in [5.74, 6) is -1.91. The van der Waals surface area contributed by atoms with E-state index in [1.807, 2.05) is 0 Å². The first-order valence-corrected chi connectivity index (χ1v) is 8.58. The first-order chi connectivity index (χ1) is 14.1. The Hall–Kier alpha value is -3.28. The maximum absolute atomic E-state index is 13.1. The van der Waals surface area contributed by atoms with E-state index in [1.54, 1.807) is 0 Å². The van der Waals surface area contributed by atoms with Gasteiger partial charge in [0.25, 0.3) is 12.0 Å². The summed E-state index contributed by atoms with van der Waals surface area (Å²) in [7, 11) is 1.33. The number of likely N-dealkylation sites (N-methyl/N-ethyl adjacent to an activating group) is 1. The number of alkyl halides is 4. The molecule has 0 N–H and O–H groups in total. The molecule has 13 heteroatoms. The van der Waals surface area contributed by atoms with Gasteiger partial charge in [-0.2, -0.15) is 5.10 Å². The number of nitrogens with zero attached hydrogens (tertiary/aromatic N) is 3. The number of carbonyl (C=O) groups is 1. The molecule has 0 saturated carbocycles. The van der Waals surface area contributed by atoms with Crippen LogP contribution in [0, 0.1) is 0 Å². The second-order valence-corrected chi connectivity index (χ2v) is 6.56. The average molecular weight is 448 g/mol. The summed E-state index contributed by atoms with van der Waals surface area (Å²) >= 11 is 5.89. The Morgan fingerprint density at radius 1 is 1.27 bits per heavy atom. The lowest BCUT2D eigenvalue weighted by Crippen LogP contribution is -2.35. The normalized spacial score (nSPS) is 14.5. The number of halogens is 5. The predicted molar refractivity (Wildman–Crippen MR) is 94.3 cm³/mol. The molecule has 0 unspecified atom stereocenters. The smallest absolute Gasteiger partial charge is 0.451 e. The Morgan fingerprint density at radius 3 is 2.67 bits per heavy atom. The molecule has 0 bridgehead atoms. The molecule has 0 spiro atoms. The summed E-state index contributed by atoms with van der Waals surface area (Å²) in [6.07, 6.45) is -6.78. The second kappa shape index (κ2) is 6.90. The van der Waals surface area contributed by atoms with Gasteiger partial charge in [-0.3, -0.25) is 9.59 Å². The van der Waals surface area contributed by atoms with E-state index in [9.17, 15) is 27.2 Å². The number of carbonyl (C=O) groups excluding carboxylic acids is 1. The summed E-state index contributed by atoms with van der Waals surface area (Å²) in [4.78, 5) is 26.1. The number of furan rings is 1. The van der Waals surface area contributed by atoms with E-state index in [0.29, 0.717) is 4.68 Å². The van der Waals surface area contributed by atoms with Crippen molar-refractivity contribution in [3.8, 4) is 11.5 Å². The van der Waals surface area contributed by atoms with Gasteiger partial charge < -0.3 is 18.8 Å². The van der Waals surface area contributed by atoms with E-state index < -0.39 is 36.5 Å². The van der Waals surface area contributed by atoms with Gasteiger partial charge in [0, 0.05) is 18.8 Å². The van der Waals surface area contributed by atoms with E-state index in [1.165, 1.54) is 19.2 Å².